The average Bonchev–Trinajstić information content (AvgIpc) is 2.69. The van der Waals surface area contributed by atoms with Crippen molar-refractivity contribution in [1.82, 2.24) is 5.32 Å². The molecule has 5 nitrogen and oxygen atoms in total. The zero-order valence-electron chi connectivity index (χ0n) is 16.5. The predicted octanol–water partition coefficient (Wildman–Crippen LogP) is 4.79. The third-order valence-electron chi connectivity index (χ3n) is 4.83. The monoisotopic (exact) mass is 380 g/mol. The van der Waals surface area contributed by atoms with Crippen LogP contribution in [0.25, 0.3) is 0 Å². The van der Waals surface area contributed by atoms with E-state index in [0.717, 1.165) is 25.7 Å². The van der Waals surface area contributed by atoms with Crippen molar-refractivity contribution < 1.29 is 14.3 Å². The maximum Gasteiger partial charge on any atom is 0.255 e. The van der Waals surface area contributed by atoms with Gasteiger partial charge in [0.15, 0.2) is 0 Å². The zero-order valence-corrected chi connectivity index (χ0v) is 16.5. The third-order valence-corrected chi connectivity index (χ3v) is 4.83. The molecule has 148 valence electrons. The topological polar surface area (TPSA) is 67.4 Å². The number of nitrogens with one attached hydrogen (secondary N) is 2. The van der Waals surface area contributed by atoms with E-state index in [9.17, 15) is 9.59 Å². The first kappa shape index (κ1) is 19.9. The zero-order chi connectivity index (χ0) is 19.9. The molecule has 0 bridgehead atoms. The number of hydrogen-bond donors (Lipinski definition) is 2. The number of benzene rings is 2. The molecule has 1 aliphatic carbocycles. The number of amides is 2. The first-order valence-corrected chi connectivity index (χ1v) is 10.0. The lowest BCUT2D eigenvalue weighted by Crippen LogP contribution is -2.36. The van der Waals surface area contributed by atoms with Crippen LogP contribution in [0.5, 0.6) is 5.75 Å². The molecule has 1 saturated carbocycles. The number of ether oxygens (including phenoxy) is 1. The first-order valence-electron chi connectivity index (χ1n) is 10.0. The summed E-state index contributed by atoms with van der Waals surface area (Å²) >= 11 is 0. The standard InChI is InChI=1S/C23H28N2O3/c1-16(2)28-19-12-8-9-17(15-19)22(26)25-21-14-7-6-13-20(21)23(27)24-18-10-4-3-5-11-18/h6-9,12-16,18H,3-5,10-11H2,1-2H3,(H,24,27)(H,25,26). The second-order valence-corrected chi connectivity index (χ2v) is 7.50. The fourth-order valence-electron chi connectivity index (χ4n) is 3.48. The Labute approximate surface area is 166 Å². The van der Waals surface area contributed by atoms with Gasteiger partial charge in [0.1, 0.15) is 5.75 Å². The number of hydrogen-bond acceptors (Lipinski definition) is 3. The van der Waals surface area contributed by atoms with Crippen molar-refractivity contribution in [1.29, 1.82) is 0 Å². The molecule has 0 aliphatic heterocycles. The summed E-state index contributed by atoms with van der Waals surface area (Å²) in [5.41, 5.74) is 1.48. The van der Waals surface area contributed by atoms with Gasteiger partial charge in [0.2, 0.25) is 0 Å². The minimum absolute atomic E-state index is 0.0301. The van der Waals surface area contributed by atoms with Gasteiger partial charge in [-0.3, -0.25) is 9.59 Å². The van der Waals surface area contributed by atoms with Crippen molar-refractivity contribution in [2.75, 3.05) is 5.32 Å². The van der Waals surface area contributed by atoms with E-state index in [2.05, 4.69) is 10.6 Å². The van der Waals surface area contributed by atoms with Crippen LogP contribution in [-0.4, -0.2) is 24.0 Å². The highest BCUT2D eigenvalue weighted by molar-refractivity contribution is 6.09. The van der Waals surface area contributed by atoms with Crippen LogP contribution in [0.2, 0.25) is 0 Å². The summed E-state index contributed by atoms with van der Waals surface area (Å²) in [6.45, 7) is 3.88. The fourth-order valence-corrected chi connectivity index (χ4v) is 3.48. The number of rotatable bonds is 6. The van der Waals surface area contributed by atoms with Gasteiger partial charge in [-0.25, -0.2) is 0 Å². The number of carbonyl (C=O) groups excluding carboxylic acids is 2. The molecular weight excluding hydrogens is 352 g/mol. The molecule has 0 spiro atoms. The molecule has 0 heterocycles. The van der Waals surface area contributed by atoms with Crippen LogP contribution in [0, 0.1) is 0 Å². The molecule has 2 aromatic carbocycles. The molecule has 0 aromatic heterocycles. The summed E-state index contributed by atoms with van der Waals surface area (Å²) in [6, 6.07) is 14.4. The summed E-state index contributed by atoms with van der Waals surface area (Å²) in [5.74, 6) is 0.234. The average molecular weight is 380 g/mol. The predicted molar refractivity (Wildman–Crippen MR) is 111 cm³/mol. The normalized spacial score (nSPS) is 14.5. The minimum Gasteiger partial charge on any atom is -0.491 e. The Morgan fingerprint density at radius 1 is 0.964 bits per heavy atom. The Kier molecular flexibility index (Phi) is 6.69. The van der Waals surface area contributed by atoms with Gasteiger partial charge in [0, 0.05) is 11.6 Å². The lowest BCUT2D eigenvalue weighted by Gasteiger charge is -2.23. The van der Waals surface area contributed by atoms with E-state index < -0.39 is 0 Å². The first-order chi connectivity index (χ1) is 13.5. The molecule has 0 atom stereocenters. The van der Waals surface area contributed by atoms with Crippen LogP contribution in [0.1, 0.15) is 66.7 Å². The number of carbonyl (C=O) groups is 2. The maximum absolute atomic E-state index is 12.7. The van der Waals surface area contributed by atoms with Gasteiger partial charge < -0.3 is 15.4 Å². The maximum atomic E-state index is 12.7. The Morgan fingerprint density at radius 3 is 2.46 bits per heavy atom. The van der Waals surface area contributed by atoms with E-state index in [1.54, 1.807) is 30.3 Å². The van der Waals surface area contributed by atoms with Crippen LogP contribution in [0.3, 0.4) is 0 Å². The van der Waals surface area contributed by atoms with Crippen LogP contribution in [0.15, 0.2) is 48.5 Å². The summed E-state index contributed by atoms with van der Waals surface area (Å²) in [5, 5.41) is 5.98. The smallest absolute Gasteiger partial charge is 0.255 e. The van der Waals surface area contributed by atoms with Crippen molar-refractivity contribution in [3.05, 3.63) is 59.7 Å². The lowest BCUT2D eigenvalue weighted by atomic mass is 9.95. The second kappa shape index (κ2) is 9.40. The van der Waals surface area contributed by atoms with E-state index in [4.69, 9.17) is 4.74 Å². The molecule has 0 radical (unpaired) electrons. The van der Waals surface area contributed by atoms with Crippen molar-refractivity contribution in [3.8, 4) is 5.75 Å². The Bertz CT molecular complexity index is 826. The fraction of sp³-hybridized carbons (Fsp3) is 0.391. The van der Waals surface area contributed by atoms with Crippen molar-refractivity contribution in [2.45, 2.75) is 58.1 Å². The Balaban J connectivity index is 1.72. The van der Waals surface area contributed by atoms with E-state index in [1.165, 1.54) is 6.42 Å². The SMILES string of the molecule is CC(C)Oc1cccc(C(=O)Nc2ccccc2C(=O)NC2CCCCC2)c1. The molecule has 3 rings (SSSR count). The molecule has 0 saturated heterocycles. The molecule has 28 heavy (non-hydrogen) atoms. The van der Waals surface area contributed by atoms with Crippen LogP contribution < -0.4 is 15.4 Å². The molecular formula is C23H28N2O3. The van der Waals surface area contributed by atoms with Gasteiger partial charge in [-0.05, 0) is 57.0 Å². The summed E-state index contributed by atoms with van der Waals surface area (Å²) in [4.78, 5) is 25.5. The number of para-hydroxylation sites is 1. The molecule has 5 heteroatoms. The van der Waals surface area contributed by atoms with Crippen LogP contribution in [-0.2, 0) is 0 Å². The van der Waals surface area contributed by atoms with Crippen molar-refractivity contribution in [2.24, 2.45) is 0 Å². The van der Waals surface area contributed by atoms with Gasteiger partial charge in [0.25, 0.3) is 11.8 Å². The van der Waals surface area contributed by atoms with Gasteiger partial charge in [-0.15, -0.1) is 0 Å². The molecule has 0 unspecified atom stereocenters. The number of anilines is 1. The van der Waals surface area contributed by atoms with Crippen LogP contribution >= 0.6 is 0 Å². The summed E-state index contributed by atoms with van der Waals surface area (Å²) in [6.07, 6.45) is 5.60. The highest BCUT2D eigenvalue weighted by Crippen LogP contribution is 2.21. The van der Waals surface area contributed by atoms with Gasteiger partial charge in [0.05, 0.1) is 17.4 Å². The highest BCUT2D eigenvalue weighted by Gasteiger charge is 2.19. The second-order valence-electron chi connectivity index (χ2n) is 7.50. The quantitative estimate of drug-likeness (QED) is 0.757. The molecule has 2 amide bonds. The molecule has 1 fully saturated rings. The van der Waals surface area contributed by atoms with Crippen molar-refractivity contribution >= 4 is 17.5 Å². The van der Waals surface area contributed by atoms with Gasteiger partial charge >= 0.3 is 0 Å². The molecule has 2 aromatic rings. The lowest BCUT2D eigenvalue weighted by molar-refractivity contribution is 0.0928. The van der Waals surface area contributed by atoms with Gasteiger partial charge in [-0.2, -0.15) is 0 Å². The Hall–Kier alpha value is -2.82. The summed E-state index contributed by atoms with van der Waals surface area (Å²) < 4.78 is 5.66. The van der Waals surface area contributed by atoms with Crippen LogP contribution in [0.4, 0.5) is 5.69 Å². The van der Waals surface area contributed by atoms with Gasteiger partial charge in [-0.1, -0.05) is 37.5 Å². The van der Waals surface area contributed by atoms with E-state index in [1.807, 2.05) is 32.0 Å². The third kappa shape index (κ3) is 5.35. The largest absolute Gasteiger partial charge is 0.491 e. The molecule has 1 aliphatic rings. The minimum atomic E-state index is -0.271. The van der Waals surface area contributed by atoms with Crippen molar-refractivity contribution in [3.63, 3.8) is 0 Å². The Morgan fingerprint density at radius 2 is 1.71 bits per heavy atom. The van der Waals surface area contributed by atoms with E-state index in [0.29, 0.717) is 22.6 Å². The van der Waals surface area contributed by atoms with E-state index in [-0.39, 0.29) is 24.0 Å². The molecule has 2 N–H and O–H groups in total. The summed E-state index contributed by atoms with van der Waals surface area (Å²) in [7, 11) is 0. The highest BCUT2D eigenvalue weighted by atomic mass is 16.5. The van der Waals surface area contributed by atoms with E-state index >= 15 is 0 Å².